The predicted octanol–water partition coefficient (Wildman–Crippen LogP) is 1.01. The number of ether oxygens (including phenoxy) is 1. The van der Waals surface area contributed by atoms with Crippen LogP contribution in [0.2, 0.25) is 0 Å². The zero-order valence-electron chi connectivity index (χ0n) is 14.5. The van der Waals surface area contributed by atoms with Crippen LogP contribution in [-0.4, -0.2) is 62.7 Å². The van der Waals surface area contributed by atoms with Crippen LogP contribution in [0.25, 0.3) is 10.9 Å². The van der Waals surface area contributed by atoms with Gasteiger partial charge < -0.3 is 10.1 Å². The molecule has 1 fully saturated rings. The highest BCUT2D eigenvalue weighted by molar-refractivity contribution is 7.89. The topological polar surface area (TPSA) is 88.6 Å². The Labute approximate surface area is 151 Å². The zero-order chi connectivity index (χ0) is 18.9. The first kappa shape index (κ1) is 18.7. The van der Waals surface area contributed by atoms with Gasteiger partial charge in [0.05, 0.1) is 25.0 Å². The quantitative estimate of drug-likeness (QED) is 0.835. The fourth-order valence-corrected chi connectivity index (χ4v) is 3.99. The first-order chi connectivity index (χ1) is 12.3. The van der Waals surface area contributed by atoms with E-state index < -0.39 is 27.8 Å². The predicted molar refractivity (Wildman–Crippen MR) is 94.7 cm³/mol. The Morgan fingerprint density at radius 2 is 2.08 bits per heavy atom. The lowest BCUT2D eigenvalue weighted by Gasteiger charge is -2.20. The number of amides is 1. The standard InChI is InChI=1S/C17H20FN3O4S/c1-21(2)26(23,24)10-12-8-25-9-15(12)20-17(22)14-7-6-11-4-3-5-13(18)16(11)19-14/h3-7,12,15H,8-10H2,1-2H3,(H,20,22)/t12-,15-/m0/s1. The molecule has 1 saturated heterocycles. The Bertz CT molecular complexity index is 933. The summed E-state index contributed by atoms with van der Waals surface area (Å²) in [7, 11) is -0.483. The first-order valence-corrected chi connectivity index (χ1v) is 9.73. The van der Waals surface area contributed by atoms with Gasteiger partial charge in [0.1, 0.15) is 17.0 Å². The van der Waals surface area contributed by atoms with Crippen LogP contribution in [0.3, 0.4) is 0 Å². The Kier molecular flexibility index (Phi) is 5.22. The highest BCUT2D eigenvalue weighted by atomic mass is 32.2. The van der Waals surface area contributed by atoms with E-state index in [-0.39, 0.29) is 36.1 Å². The van der Waals surface area contributed by atoms with Crippen molar-refractivity contribution in [3.63, 3.8) is 0 Å². The highest BCUT2D eigenvalue weighted by Crippen LogP contribution is 2.19. The number of halogens is 1. The maximum atomic E-state index is 13.9. The minimum atomic E-state index is -3.41. The second-order valence-electron chi connectivity index (χ2n) is 6.45. The van der Waals surface area contributed by atoms with Crippen LogP contribution in [0.5, 0.6) is 0 Å². The van der Waals surface area contributed by atoms with Gasteiger partial charge in [0.15, 0.2) is 0 Å². The van der Waals surface area contributed by atoms with E-state index in [1.165, 1.54) is 26.2 Å². The molecule has 0 saturated carbocycles. The van der Waals surface area contributed by atoms with Crippen molar-refractivity contribution in [2.75, 3.05) is 33.1 Å². The maximum absolute atomic E-state index is 13.9. The van der Waals surface area contributed by atoms with E-state index in [9.17, 15) is 17.6 Å². The van der Waals surface area contributed by atoms with Crippen LogP contribution in [-0.2, 0) is 14.8 Å². The molecule has 1 N–H and O–H groups in total. The van der Waals surface area contributed by atoms with Crippen LogP contribution >= 0.6 is 0 Å². The molecule has 1 aliphatic rings. The summed E-state index contributed by atoms with van der Waals surface area (Å²) in [6.45, 7) is 0.471. The molecule has 2 atom stereocenters. The van der Waals surface area contributed by atoms with Crippen molar-refractivity contribution in [3.8, 4) is 0 Å². The number of aromatic nitrogens is 1. The van der Waals surface area contributed by atoms with Crippen LogP contribution in [0.4, 0.5) is 4.39 Å². The zero-order valence-corrected chi connectivity index (χ0v) is 15.3. The number of carbonyl (C=O) groups is 1. The summed E-state index contributed by atoms with van der Waals surface area (Å²) >= 11 is 0. The molecule has 0 spiro atoms. The van der Waals surface area contributed by atoms with E-state index in [4.69, 9.17) is 4.74 Å². The normalized spacial score (nSPS) is 20.6. The number of nitrogens with one attached hydrogen (secondary N) is 1. The molecular weight excluding hydrogens is 361 g/mol. The molecule has 1 aromatic carbocycles. The molecule has 140 valence electrons. The minimum absolute atomic E-state index is 0.0729. The molecule has 0 radical (unpaired) electrons. The smallest absolute Gasteiger partial charge is 0.270 e. The SMILES string of the molecule is CN(C)S(=O)(=O)C[C@@H]1COC[C@@H]1NC(=O)c1ccc2cccc(F)c2n1. The van der Waals surface area contributed by atoms with Gasteiger partial charge >= 0.3 is 0 Å². The van der Waals surface area contributed by atoms with Crippen molar-refractivity contribution in [3.05, 3.63) is 41.8 Å². The molecule has 9 heteroatoms. The van der Waals surface area contributed by atoms with Crippen LogP contribution in [0.1, 0.15) is 10.5 Å². The van der Waals surface area contributed by atoms with E-state index in [1.807, 2.05) is 0 Å². The molecule has 0 aliphatic carbocycles. The van der Waals surface area contributed by atoms with Crippen LogP contribution < -0.4 is 5.32 Å². The van der Waals surface area contributed by atoms with Crippen molar-refractivity contribution < 1.29 is 22.3 Å². The molecule has 7 nitrogen and oxygen atoms in total. The largest absolute Gasteiger partial charge is 0.379 e. The lowest BCUT2D eigenvalue weighted by Crippen LogP contribution is -2.43. The van der Waals surface area contributed by atoms with Gasteiger partial charge in [0, 0.05) is 25.4 Å². The third-order valence-electron chi connectivity index (χ3n) is 4.40. The van der Waals surface area contributed by atoms with Gasteiger partial charge in [-0.2, -0.15) is 0 Å². The lowest BCUT2D eigenvalue weighted by molar-refractivity contribution is 0.0921. The Hall–Kier alpha value is -2.10. The number of rotatable bonds is 5. The van der Waals surface area contributed by atoms with Crippen molar-refractivity contribution in [1.82, 2.24) is 14.6 Å². The van der Waals surface area contributed by atoms with Crippen molar-refractivity contribution in [1.29, 1.82) is 0 Å². The Morgan fingerprint density at radius 1 is 1.31 bits per heavy atom. The molecule has 1 aromatic heterocycles. The first-order valence-electron chi connectivity index (χ1n) is 8.12. The monoisotopic (exact) mass is 381 g/mol. The number of pyridine rings is 1. The second kappa shape index (κ2) is 7.26. The molecular formula is C17H20FN3O4S. The minimum Gasteiger partial charge on any atom is -0.379 e. The summed E-state index contributed by atoms with van der Waals surface area (Å²) < 4.78 is 44.5. The van der Waals surface area contributed by atoms with Crippen molar-refractivity contribution in [2.45, 2.75) is 6.04 Å². The lowest BCUT2D eigenvalue weighted by atomic mass is 10.1. The second-order valence-corrected chi connectivity index (χ2v) is 8.67. The number of para-hydroxylation sites is 1. The summed E-state index contributed by atoms with van der Waals surface area (Å²) in [4.78, 5) is 16.6. The summed E-state index contributed by atoms with van der Waals surface area (Å²) in [5.74, 6) is -1.47. The molecule has 0 unspecified atom stereocenters. The molecule has 26 heavy (non-hydrogen) atoms. The summed E-state index contributed by atoms with van der Waals surface area (Å²) in [5, 5.41) is 3.36. The van der Waals surface area contributed by atoms with Gasteiger partial charge in [0.25, 0.3) is 5.91 Å². The van der Waals surface area contributed by atoms with E-state index in [0.29, 0.717) is 5.39 Å². The van der Waals surface area contributed by atoms with Gasteiger partial charge in [-0.1, -0.05) is 18.2 Å². The number of nitrogens with zero attached hydrogens (tertiary/aromatic N) is 2. The van der Waals surface area contributed by atoms with Gasteiger partial charge in [0.2, 0.25) is 10.0 Å². The van der Waals surface area contributed by atoms with E-state index in [0.717, 1.165) is 4.31 Å². The number of hydrogen-bond acceptors (Lipinski definition) is 5. The van der Waals surface area contributed by atoms with Gasteiger partial charge in [-0.15, -0.1) is 0 Å². The van der Waals surface area contributed by atoms with E-state index in [2.05, 4.69) is 10.3 Å². The fourth-order valence-electron chi connectivity index (χ4n) is 2.82. The maximum Gasteiger partial charge on any atom is 0.270 e. The third-order valence-corrected chi connectivity index (χ3v) is 6.36. The summed E-state index contributed by atoms with van der Waals surface area (Å²) in [6.07, 6.45) is 0. The number of sulfonamides is 1. The molecule has 3 rings (SSSR count). The number of benzene rings is 1. The average molecular weight is 381 g/mol. The van der Waals surface area contributed by atoms with Crippen LogP contribution in [0.15, 0.2) is 30.3 Å². The molecule has 2 aromatic rings. The number of fused-ring (bicyclic) bond motifs is 1. The van der Waals surface area contributed by atoms with Crippen molar-refractivity contribution in [2.24, 2.45) is 5.92 Å². The average Bonchev–Trinajstić information content (AvgIpc) is 3.01. The summed E-state index contributed by atoms with van der Waals surface area (Å²) in [5.41, 5.74) is 0.193. The Balaban J connectivity index is 1.76. The fraction of sp³-hybridized carbons (Fsp3) is 0.412. The number of carbonyl (C=O) groups excluding carboxylic acids is 1. The van der Waals surface area contributed by atoms with Gasteiger partial charge in [-0.05, 0) is 12.1 Å². The van der Waals surface area contributed by atoms with Gasteiger partial charge in [-0.25, -0.2) is 22.1 Å². The van der Waals surface area contributed by atoms with E-state index >= 15 is 0 Å². The number of hydrogen-bond donors (Lipinski definition) is 1. The highest BCUT2D eigenvalue weighted by Gasteiger charge is 2.34. The summed E-state index contributed by atoms with van der Waals surface area (Å²) in [6, 6.07) is 7.25. The van der Waals surface area contributed by atoms with Crippen molar-refractivity contribution >= 4 is 26.8 Å². The van der Waals surface area contributed by atoms with Gasteiger partial charge in [-0.3, -0.25) is 4.79 Å². The van der Waals surface area contributed by atoms with E-state index in [1.54, 1.807) is 18.2 Å². The molecule has 1 amide bonds. The Morgan fingerprint density at radius 3 is 2.81 bits per heavy atom. The molecule has 0 bridgehead atoms. The molecule has 1 aliphatic heterocycles. The third kappa shape index (κ3) is 3.84. The molecule has 2 heterocycles. The van der Waals surface area contributed by atoms with Crippen LogP contribution in [0, 0.1) is 11.7 Å².